The molecule has 0 bridgehead atoms. The van der Waals surface area contributed by atoms with E-state index in [2.05, 4.69) is 14.9 Å². The Balaban J connectivity index is 1.79. The van der Waals surface area contributed by atoms with Gasteiger partial charge >= 0.3 is 5.97 Å². The van der Waals surface area contributed by atoms with Gasteiger partial charge in [0.15, 0.2) is 5.82 Å². The first-order valence-electron chi connectivity index (χ1n) is 7.82. The fourth-order valence-electron chi connectivity index (χ4n) is 2.80. The lowest BCUT2D eigenvalue weighted by molar-refractivity contribution is -0.138. The minimum absolute atomic E-state index is 0.0877. The maximum Gasteiger partial charge on any atom is 0.317 e. The first-order chi connectivity index (χ1) is 11.5. The molecule has 0 spiro atoms. The molecule has 3 rings (SSSR count). The second kappa shape index (κ2) is 7.15. The quantitative estimate of drug-likeness (QED) is 0.916. The van der Waals surface area contributed by atoms with Gasteiger partial charge in [0.1, 0.15) is 5.82 Å². The standard InChI is InChI=1S/C17H19ClN4O2/c1-12-9-15(22-7-5-21(6-8-22)11-16(23)24)20-17(19-12)13-3-2-4-14(18)10-13/h2-4,9-10H,5-8,11H2,1H3,(H,23,24). The van der Waals surface area contributed by atoms with Gasteiger partial charge in [-0.1, -0.05) is 23.7 Å². The van der Waals surface area contributed by atoms with E-state index >= 15 is 0 Å². The van der Waals surface area contributed by atoms with E-state index in [-0.39, 0.29) is 6.54 Å². The Morgan fingerprint density at radius 2 is 1.96 bits per heavy atom. The maximum absolute atomic E-state index is 10.8. The van der Waals surface area contributed by atoms with Crippen molar-refractivity contribution in [2.24, 2.45) is 0 Å². The molecule has 2 heterocycles. The van der Waals surface area contributed by atoms with E-state index in [4.69, 9.17) is 16.7 Å². The van der Waals surface area contributed by atoms with Crippen LogP contribution in [-0.4, -0.2) is 58.7 Å². The van der Waals surface area contributed by atoms with Crippen LogP contribution in [0.2, 0.25) is 5.02 Å². The van der Waals surface area contributed by atoms with Gasteiger partial charge in [0.2, 0.25) is 0 Å². The van der Waals surface area contributed by atoms with Crippen LogP contribution in [0.15, 0.2) is 30.3 Å². The van der Waals surface area contributed by atoms with Gasteiger partial charge in [-0.2, -0.15) is 0 Å². The number of carbonyl (C=O) groups is 1. The Kier molecular flexibility index (Phi) is 4.97. The molecule has 0 radical (unpaired) electrons. The molecule has 24 heavy (non-hydrogen) atoms. The minimum atomic E-state index is -0.787. The predicted octanol–water partition coefficient (Wildman–Crippen LogP) is 2.31. The average Bonchev–Trinajstić information content (AvgIpc) is 2.54. The molecule has 0 aliphatic carbocycles. The average molecular weight is 347 g/mol. The van der Waals surface area contributed by atoms with Crippen LogP contribution < -0.4 is 4.90 Å². The van der Waals surface area contributed by atoms with Crippen molar-refractivity contribution in [3.8, 4) is 11.4 Å². The third kappa shape index (κ3) is 4.01. The summed E-state index contributed by atoms with van der Waals surface area (Å²) in [6, 6.07) is 9.46. The Morgan fingerprint density at radius 3 is 2.62 bits per heavy atom. The fraction of sp³-hybridized carbons (Fsp3) is 0.353. The van der Waals surface area contributed by atoms with Crippen molar-refractivity contribution in [1.82, 2.24) is 14.9 Å². The first-order valence-corrected chi connectivity index (χ1v) is 8.20. The van der Waals surface area contributed by atoms with Crippen LogP contribution in [0.4, 0.5) is 5.82 Å². The molecule has 1 aromatic carbocycles. The lowest BCUT2D eigenvalue weighted by Gasteiger charge is -2.34. The third-order valence-electron chi connectivity index (χ3n) is 3.98. The molecular weight excluding hydrogens is 328 g/mol. The molecule has 1 N–H and O–H groups in total. The lowest BCUT2D eigenvalue weighted by atomic mass is 10.2. The van der Waals surface area contributed by atoms with Gasteiger partial charge in [-0.25, -0.2) is 9.97 Å². The first kappa shape index (κ1) is 16.7. The summed E-state index contributed by atoms with van der Waals surface area (Å²) in [5, 5.41) is 9.54. The van der Waals surface area contributed by atoms with Crippen LogP contribution >= 0.6 is 11.6 Å². The van der Waals surface area contributed by atoms with E-state index in [0.717, 1.165) is 30.2 Å². The summed E-state index contributed by atoms with van der Waals surface area (Å²) in [7, 11) is 0. The second-order valence-corrected chi connectivity index (χ2v) is 6.29. The van der Waals surface area contributed by atoms with E-state index in [1.165, 1.54) is 0 Å². The molecule has 1 saturated heterocycles. The number of piperazine rings is 1. The number of hydrogen-bond acceptors (Lipinski definition) is 5. The summed E-state index contributed by atoms with van der Waals surface area (Å²) in [6.45, 7) is 4.95. The maximum atomic E-state index is 10.8. The van der Waals surface area contributed by atoms with Crippen LogP contribution in [0.25, 0.3) is 11.4 Å². The van der Waals surface area contributed by atoms with E-state index in [0.29, 0.717) is 23.9 Å². The monoisotopic (exact) mass is 346 g/mol. The Morgan fingerprint density at radius 1 is 1.21 bits per heavy atom. The smallest absolute Gasteiger partial charge is 0.317 e. The van der Waals surface area contributed by atoms with E-state index in [1.54, 1.807) is 0 Å². The lowest BCUT2D eigenvalue weighted by Crippen LogP contribution is -2.48. The van der Waals surface area contributed by atoms with Crippen LogP contribution in [-0.2, 0) is 4.79 Å². The van der Waals surface area contributed by atoms with Crippen LogP contribution in [0.5, 0.6) is 0 Å². The van der Waals surface area contributed by atoms with Gasteiger partial charge in [0.25, 0.3) is 0 Å². The minimum Gasteiger partial charge on any atom is -0.480 e. The number of hydrogen-bond donors (Lipinski definition) is 1. The highest BCUT2D eigenvalue weighted by atomic mass is 35.5. The number of nitrogens with zero attached hydrogens (tertiary/aromatic N) is 4. The molecule has 1 aliphatic rings. The molecule has 1 aliphatic heterocycles. The molecule has 0 amide bonds. The summed E-state index contributed by atoms with van der Waals surface area (Å²) in [5.74, 6) is 0.734. The summed E-state index contributed by atoms with van der Waals surface area (Å²) in [5.41, 5.74) is 1.78. The molecule has 0 atom stereocenters. The summed E-state index contributed by atoms with van der Waals surface area (Å²) in [6.07, 6.45) is 0. The SMILES string of the molecule is Cc1cc(N2CCN(CC(=O)O)CC2)nc(-c2cccc(Cl)c2)n1. The van der Waals surface area contributed by atoms with Crippen LogP contribution in [0.3, 0.4) is 0 Å². The predicted molar refractivity (Wildman–Crippen MR) is 93.5 cm³/mol. The molecule has 126 valence electrons. The largest absolute Gasteiger partial charge is 0.480 e. The van der Waals surface area contributed by atoms with E-state index < -0.39 is 5.97 Å². The zero-order valence-electron chi connectivity index (χ0n) is 13.4. The summed E-state index contributed by atoms with van der Waals surface area (Å²) < 4.78 is 0. The summed E-state index contributed by atoms with van der Waals surface area (Å²) >= 11 is 6.06. The van der Waals surface area contributed by atoms with Crippen molar-refractivity contribution >= 4 is 23.4 Å². The van der Waals surface area contributed by atoms with Gasteiger partial charge in [-0.3, -0.25) is 9.69 Å². The van der Waals surface area contributed by atoms with Gasteiger partial charge in [-0.05, 0) is 19.1 Å². The van der Waals surface area contributed by atoms with Crippen molar-refractivity contribution in [2.45, 2.75) is 6.92 Å². The van der Waals surface area contributed by atoms with Crippen molar-refractivity contribution in [3.63, 3.8) is 0 Å². The van der Waals surface area contributed by atoms with Crippen molar-refractivity contribution in [3.05, 3.63) is 41.0 Å². The molecule has 6 nitrogen and oxygen atoms in total. The number of aryl methyl sites for hydroxylation is 1. The van der Waals surface area contributed by atoms with Gasteiger partial charge in [0, 0.05) is 48.5 Å². The Bertz CT molecular complexity index is 745. The van der Waals surface area contributed by atoms with Gasteiger partial charge in [0.05, 0.1) is 6.54 Å². The van der Waals surface area contributed by atoms with Crippen molar-refractivity contribution in [1.29, 1.82) is 0 Å². The van der Waals surface area contributed by atoms with E-state index in [1.807, 2.05) is 42.2 Å². The number of carboxylic acids is 1. The molecular formula is C17H19ClN4O2. The number of anilines is 1. The highest BCUT2D eigenvalue weighted by Crippen LogP contribution is 2.23. The number of benzene rings is 1. The van der Waals surface area contributed by atoms with Crippen molar-refractivity contribution < 1.29 is 9.90 Å². The third-order valence-corrected chi connectivity index (χ3v) is 4.21. The van der Waals surface area contributed by atoms with Crippen LogP contribution in [0, 0.1) is 6.92 Å². The van der Waals surface area contributed by atoms with Crippen molar-refractivity contribution in [2.75, 3.05) is 37.6 Å². The normalized spacial score (nSPS) is 15.5. The number of aromatic nitrogens is 2. The van der Waals surface area contributed by atoms with E-state index in [9.17, 15) is 4.79 Å². The summed E-state index contributed by atoms with van der Waals surface area (Å²) in [4.78, 5) is 24.1. The zero-order valence-corrected chi connectivity index (χ0v) is 14.2. The molecule has 2 aromatic rings. The number of carboxylic acid groups (broad SMARTS) is 1. The highest BCUT2D eigenvalue weighted by Gasteiger charge is 2.20. The molecule has 1 fully saturated rings. The molecule has 1 aromatic heterocycles. The Labute approximate surface area is 145 Å². The fourth-order valence-corrected chi connectivity index (χ4v) is 2.99. The zero-order chi connectivity index (χ0) is 17.1. The number of aliphatic carboxylic acids is 1. The number of rotatable bonds is 4. The van der Waals surface area contributed by atoms with Gasteiger partial charge < -0.3 is 10.0 Å². The molecule has 7 heteroatoms. The topological polar surface area (TPSA) is 69.6 Å². The second-order valence-electron chi connectivity index (χ2n) is 5.86. The molecule has 0 saturated carbocycles. The highest BCUT2D eigenvalue weighted by molar-refractivity contribution is 6.30. The van der Waals surface area contributed by atoms with Crippen LogP contribution in [0.1, 0.15) is 5.69 Å². The molecule has 0 unspecified atom stereocenters. The Hall–Kier alpha value is -2.18. The van der Waals surface area contributed by atoms with Gasteiger partial charge in [-0.15, -0.1) is 0 Å². The number of halogens is 1.